The van der Waals surface area contributed by atoms with E-state index in [9.17, 15) is 4.79 Å². The van der Waals surface area contributed by atoms with Crippen molar-refractivity contribution in [3.05, 3.63) is 59.2 Å². The van der Waals surface area contributed by atoms with E-state index in [2.05, 4.69) is 34.1 Å². The van der Waals surface area contributed by atoms with Crippen molar-refractivity contribution in [1.29, 1.82) is 0 Å². The lowest BCUT2D eigenvalue weighted by molar-refractivity contribution is 0.0289. The van der Waals surface area contributed by atoms with Crippen molar-refractivity contribution >= 4 is 23.9 Å². The number of ketones is 1. The zero-order valence-corrected chi connectivity index (χ0v) is 18.6. The highest BCUT2D eigenvalue weighted by molar-refractivity contribution is 5.94. The van der Waals surface area contributed by atoms with Gasteiger partial charge in [-0.3, -0.25) is 9.69 Å². The Morgan fingerprint density at radius 3 is 2.50 bits per heavy atom. The first-order valence-electron chi connectivity index (χ1n) is 10.5. The number of methoxy groups -OCH3 is 1. The van der Waals surface area contributed by atoms with Crippen LogP contribution in [0.15, 0.2) is 42.5 Å². The Morgan fingerprint density at radius 2 is 1.83 bits per heavy atom. The summed E-state index contributed by atoms with van der Waals surface area (Å²) in [6, 6.07) is 14.4. The molecule has 2 heterocycles. The van der Waals surface area contributed by atoms with Gasteiger partial charge in [-0.05, 0) is 61.2 Å². The van der Waals surface area contributed by atoms with E-state index < -0.39 is 0 Å². The summed E-state index contributed by atoms with van der Waals surface area (Å²) >= 11 is 0. The molecule has 162 valence electrons. The third kappa shape index (κ3) is 5.15. The lowest BCUT2D eigenvalue weighted by atomic mass is 9.93. The largest absolute Gasteiger partial charge is 0.497 e. The van der Waals surface area contributed by atoms with Gasteiger partial charge in [-0.15, -0.1) is 12.4 Å². The van der Waals surface area contributed by atoms with Gasteiger partial charge in [0, 0.05) is 44.0 Å². The van der Waals surface area contributed by atoms with Crippen LogP contribution in [-0.4, -0.2) is 57.1 Å². The Kier molecular flexibility index (Phi) is 7.75. The van der Waals surface area contributed by atoms with Gasteiger partial charge in [-0.25, -0.2) is 0 Å². The number of fused-ring (bicyclic) bond motifs is 1. The molecule has 0 saturated carbocycles. The number of Topliss-reactive ketones (excluding diaryl/α,β-unsaturated/α-hetero) is 1. The molecule has 4 rings (SSSR count). The number of carbonyl (C=O) groups excluding carboxylic acids is 1. The summed E-state index contributed by atoms with van der Waals surface area (Å²) in [6.45, 7) is 7.61. The van der Waals surface area contributed by atoms with Gasteiger partial charge in [0.05, 0.1) is 19.8 Å². The molecule has 1 saturated heterocycles. The van der Waals surface area contributed by atoms with Gasteiger partial charge in [-0.2, -0.15) is 0 Å². The number of halogens is 1. The molecule has 2 aliphatic rings. The molecule has 1 fully saturated rings. The normalized spacial score (nSPS) is 19.0. The number of anilines is 1. The van der Waals surface area contributed by atoms with E-state index in [0.717, 1.165) is 63.5 Å². The van der Waals surface area contributed by atoms with Gasteiger partial charge in [0.25, 0.3) is 0 Å². The molecule has 6 heteroatoms. The molecule has 0 aliphatic carbocycles. The average molecular weight is 431 g/mol. The van der Waals surface area contributed by atoms with Crippen molar-refractivity contribution in [3.63, 3.8) is 0 Å². The monoisotopic (exact) mass is 430 g/mol. The number of hydrogen-bond acceptors (Lipinski definition) is 5. The molecule has 0 amide bonds. The average Bonchev–Trinajstić information content (AvgIpc) is 2.77. The zero-order valence-electron chi connectivity index (χ0n) is 17.8. The van der Waals surface area contributed by atoms with E-state index in [1.54, 1.807) is 14.0 Å². The highest BCUT2D eigenvalue weighted by Crippen LogP contribution is 2.31. The zero-order chi connectivity index (χ0) is 20.2. The molecule has 2 aromatic carbocycles. The van der Waals surface area contributed by atoms with Crippen molar-refractivity contribution in [2.45, 2.75) is 25.9 Å². The van der Waals surface area contributed by atoms with Crippen LogP contribution >= 0.6 is 12.4 Å². The maximum absolute atomic E-state index is 11.7. The van der Waals surface area contributed by atoms with Crippen molar-refractivity contribution in [1.82, 2.24) is 4.90 Å². The minimum Gasteiger partial charge on any atom is -0.497 e. The Bertz CT molecular complexity index is 848. The van der Waals surface area contributed by atoms with Crippen LogP contribution in [0.25, 0.3) is 0 Å². The fourth-order valence-corrected chi connectivity index (χ4v) is 4.32. The smallest absolute Gasteiger partial charge is 0.159 e. The van der Waals surface area contributed by atoms with Crippen LogP contribution in [0.3, 0.4) is 0 Å². The summed E-state index contributed by atoms with van der Waals surface area (Å²) in [5, 5.41) is 0. The Balaban J connectivity index is 0.00000256. The topological polar surface area (TPSA) is 42.0 Å². The van der Waals surface area contributed by atoms with E-state index in [-0.39, 0.29) is 24.3 Å². The van der Waals surface area contributed by atoms with E-state index in [4.69, 9.17) is 9.47 Å². The lowest BCUT2D eigenvalue weighted by Crippen LogP contribution is -2.46. The van der Waals surface area contributed by atoms with E-state index >= 15 is 0 Å². The minimum atomic E-state index is 0. The van der Waals surface area contributed by atoms with Gasteiger partial charge >= 0.3 is 0 Å². The summed E-state index contributed by atoms with van der Waals surface area (Å²) in [6.07, 6.45) is 2.03. The maximum Gasteiger partial charge on any atom is 0.159 e. The third-order valence-corrected chi connectivity index (χ3v) is 6.10. The predicted molar refractivity (Wildman–Crippen MR) is 122 cm³/mol. The Labute approximate surface area is 185 Å². The van der Waals surface area contributed by atoms with Crippen molar-refractivity contribution in [3.8, 4) is 5.75 Å². The quantitative estimate of drug-likeness (QED) is 0.644. The molecular formula is C24H31ClN2O3. The molecule has 2 aliphatic heterocycles. The van der Waals surface area contributed by atoms with Gasteiger partial charge in [0.15, 0.2) is 5.78 Å². The molecule has 0 radical (unpaired) electrons. The number of piperazine rings is 1. The molecule has 2 aromatic rings. The van der Waals surface area contributed by atoms with Crippen molar-refractivity contribution in [2.75, 3.05) is 51.3 Å². The first-order valence-corrected chi connectivity index (χ1v) is 10.5. The minimum absolute atomic E-state index is 0. The van der Waals surface area contributed by atoms with Crippen LogP contribution in [0.2, 0.25) is 0 Å². The summed E-state index contributed by atoms with van der Waals surface area (Å²) < 4.78 is 11.3. The maximum atomic E-state index is 11.7. The predicted octanol–water partition coefficient (Wildman–Crippen LogP) is 4.15. The summed E-state index contributed by atoms with van der Waals surface area (Å²) in [5.74, 6) is 1.03. The number of nitrogens with zero attached hydrogens (tertiary/aromatic N) is 2. The fourth-order valence-electron chi connectivity index (χ4n) is 4.32. The number of rotatable bonds is 6. The Hall–Kier alpha value is -2.08. The molecule has 0 N–H and O–H groups in total. The molecule has 5 nitrogen and oxygen atoms in total. The van der Waals surface area contributed by atoms with Crippen LogP contribution in [0.4, 0.5) is 5.69 Å². The molecular weight excluding hydrogens is 400 g/mol. The van der Waals surface area contributed by atoms with Crippen LogP contribution in [0, 0.1) is 0 Å². The fraction of sp³-hybridized carbons (Fsp3) is 0.458. The second kappa shape index (κ2) is 10.3. The second-order valence-corrected chi connectivity index (χ2v) is 7.89. The lowest BCUT2D eigenvalue weighted by Gasteiger charge is -2.37. The van der Waals surface area contributed by atoms with Crippen LogP contribution < -0.4 is 9.64 Å². The third-order valence-electron chi connectivity index (χ3n) is 6.10. The molecule has 0 aromatic heterocycles. The van der Waals surface area contributed by atoms with Gasteiger partial charge in [0.2, 0.25) is 0 Å². The standard InChI is InChI=1S/C24H30N2O3.ClH/c1-18(27)19-3-8-23-20(17-19)10-16-29-24(23)9-11-25-12-14-26(15-13-25)21-4-6-22(28-2)7-5-21;/h3-8,17,24H,9-16H2,1-2H3;1H. The molecule has 0 spiro atoms. The van der Waals surface area contributed by atoms with E-state index in [0.29, 0.717) is 0 Å². The van der Waals surface area contributed by atoms with Gasteiger partial charge in [0.1, 0.15) is 5.75 Å². The first-order chi connectivity index (χ1) is 14.1. The first kappa shape index (κ1) is 22.6. The van der Waals surface area contributed by atoms with Crippen LogP contribution in [0.1, 0.15) is 40.9 Å². The summed E-state index contributed by atoms with van der Waals surface area (Å²) in [7, 11) is 1.70. The molecule has 0 bridgehead atoms. The molecule has 1 atom stereocenters. The SMILES string of the molecule is COc1ccc(N2CCN(CCC3OCCc4cc(C(C)=O)ccc43)CC2)cc1.Cl. The second-order valence-electron chi connectivity index (χ2n) is 7.89. The van der Waals surface area contributed by atoms with E-state index in [1.807, 2.05) is 18.2 Å². The number of ether oxygens (including phenoxy) is 2. The molecule has 30 heavy (non-hydrogen) atoms. The summed E-state index contributed by atoms with van der Waals surface area (Å²) in [4.78, 5) is 16.6. The summed E-state index contributed by atoms with van der Waals surface area (Å²) in [5.41, 5.74) is 4.60. The Morgan fingerprint density at radius 1 is 1.10 bits per heavy atom. The van der Waals surface area contributed by atoms with Gasteiger partial charge in [-0.1, -0.05) is 12.1 Å². The number of carbonyl (C=O) groups is 1. The highest BCUT2D eigenvalue weighted by Gasteiger charge is 2.24. The molecule has 1 unspecified atom stereocenters. The van der Waals surface area contributed by atoms with Crippen LogP contribution in [0.5, 0.6) is 5.75 Å². The van der Waals surface area contributed by atoms with Crippen LogP contribution in [-0.2, 0) is 11.2 Å². The van der Waals surface area contributed by atoms with Gasteiger partial charge < -0.3 is 14.4 Å². The number of hydrogen-bond donors (Lipinski definition) is 0. The number of benzene rings is 2. The van der Waals surface area contributed by atoms with Crippen molar-refractivity contribution in [2.24, 2.45) is 0 Å². The van der Waals surface area contributed by atoms with Crippen molar-refractivity contribution < 1.29 is 14.3 Å². The van der Waals surface area contributed by atoms with E-state index in [1.165, 1.54) is 16.8 Å². The highest BCUT2D eigenvalue weighted by atomic mass is 35.5.